The van der Waals surface area contributed by atoms with Gasteiger partial charge in [-0.25, -0.2) is 9.59 Å². The quantitative estimate of drug-likeness (QED) is 0.0374. The number of hydrogen-bond donors (Lipinski definition) is 0. The molecule has 3 aromatic carbocycles. The third-order valence-electron chi connectivity index (χ3n) is 7.51. The zero-order valence-electron chi connectivity index (χ0n) is 27.4. The Balaban J connectivity index is 1.64. The molecule has 248 valence electrons. The number of thiophene rings is 1. The van der Waals surface area contributed by atoms with Gasteiger partial charge in [-0.15, -0.1) is 11.3 Å². The minimum Gasteiger partial charge on any atom is -0.381 e. The van der Waals surface area contributed by atoms with Crippen LogP contribution in [0.1, 0.15) is 66.9 Å². The van der Waals surface area contributed by atoms with Crippen molar-refractivity contribution < 1.29 is 33.5 Å². The molecule has 0 amide bonds. The Hall–Kier alpha value is -4.97. The van der Waals surface area contributed by atoms with Crippen molar-refractivity contribution in [2.75, 3.05) is 26.4 Å². The van der Waals surface area contributed by atoms with Crippen molar-refractivity contribution in [1.82, 2.24) is 4.57 Å². The van der Waals surface area contributed by atoms with Crippen molar-refractivity contribution in [3.8, 4) is 5.69 Å². The van der Waals surface area contributed by atoms with E-state index in [4.69, 9.17) is 19.1 Å². The maximum atomic E-state index is 13.4. The monoisotopic (exact) mass is 667 g/mol. The molecule has 0 aliphatic heterocycles. The average molecular weight is 668 g/mol. The van der Waals surface area contributed by atoms with Gasteiger partial charge < -0.3 is 23.7 Å². The molecule has 0 saturated heterocycles. The Morgan fingerprint density at radius 3 is 1.73 bits per heavy atom. The number of oxime groups is 2. The van der Waals surface area contributed by atoms with Gasteiger partial charge in [-0.05, 0) is 73.3 Å². The largest absolute Gasteiger partial charge is 0.381 e. The molecule has 2 heterocycles. The van der Waals surface area contributed by atoms with Crippen molar-refractivity contribution in [1.29, 1.82) is 0 Å². The fourth-order valence-electron chi connectivity index (χ4n) is 5.33. The number of aromatic nitrogens is 1. The fraction of sp³-hybridized carbons (Fsp3) is 0.270. The van der Waals surface area contributed by atoms with Crippen molar-refractivity contribution >= 4 is 62.3 Å². The van der Waals surface area contributed by atoms with E-state index in [2.05, 4.69) is 14.9 Å². The molecule has 0 aliphatic carbocycles. The Morgan fingerprint density at radius 1 is 0.688 bits per heavy atom. The number of benzene rings is 3. The van der Waals surface area contributed by atoms with Gasteiger partial charge in [-0.1, -0.05) is 34.6 Å². The summed E-state index contributed by atoms with van der Waals surface area (Å²) in [6.07, 6.45) is 0.912. The first kappa shape index (κ1) is 34.4. The van der Waals surface area contributed by atoms with Gasteiger partial charge in [0.25, 0.3) is 0 Å². The Bertz CT molecular complexity index is 1980. The summed E-state index contributed by atoms with van der Waals surface area (Å²) in [6.45, 7) is 8.42. The van der Waals surface area contributed by atoms with Crippen LogP contribution < -0.4 is 0 Å². The number of carbonyl (C=O) groups excluding carboxylic acids is 3. The smallest absolute Gasteiger partial charge is 0.331 e. The van der Waals surface area contributed by atoms with Gasteiger partial charge in [-0.2, -0.15) is 0 Å². The lowest BCUT2D eigenvalue weighted by Crippen LogP contribution is -2.09. The predicted octanol–water partition coefficient (Wildman–Crippen LogP) is 7.46. The first-order valence-electron chi connectivity index (χ1n) is 15.7. The number of carbonyl (C=O) groups is 3. The highest BCUT2D eigenvalue weighted by atomic mass is 32.1. The standard InChI is InChI=1S/C37H37N3O7S/c1-5-44-19-17-32(38-46-24(3)41)26-9-13-29(14-10-26)40-34-15-11-27(33(18-20-45-6-2)39-47-25(4)42)22-30(34)31-23-28(12-16-35(31)40)37(43)36-8-7-21-48-36/h7-16,21-23H,5-6,17-20H2,1-4H3/b38-32+,39-33+. The van der Waals surface area contributed by atoms with E-state index in [-0.39, 0.29) is 5.78 Å². The first-order chi connectivity index (χ1) is 23.3. The molecule has 2 aromatic heterocycles. The third kappa shape index (κ3) is 8.11. The number of hydrogen-bond acceptors (Lipinski definition) is 10. The second-order valence-electron chi connectivity index (χ2n) is 10.8. The Morgan fingerprint density at radius 2 is 1.21 bits per heavy atom. The molecule has 0 bridgehead atoms. The fourth-order valence-corrected chi connectivity index (χ4v) is 6.01. The molecule has 0 fully saturated rings. The summed E-state index contributed by atoms with van der Waals surface area (Å²) in [7, 11) is 0. The van der Waals surface area contributed by atoms with Crippen molar-refractivity contribution in [2.24, 2.45) is 10.3 Å². The SMILES string of the molecule is CCOCC/C(=N\OC(C)=O)c1ccc(-n2c3ccc(C(=O)c4cccs4)cc3c3cc(/C(CCOCC)=N/OC(C)=O)ccc32)cc1. The minimum atomic E-state index is -0.513. The van der Waals surface area contributed by atoms with Gasteiger partial charge in [0.05, 0.1) is 40.5 Å². The summed E-state index contributed by atoms with van der Waals surface area (Å²) >= 11 is 1.41. The van der Waals surface area contributed by atoms with Crippen molar-refractivity contribution in [3.63, 3.8) is 0 Å². The van der Waals surface area contributed by atoms with Crippen molar-refractivity contribution in [3.05, 3.63) is 99.7 Å². The molecule has 0 spiro atoms. The van der Waals surface area contributed by atoms with Crippen LogP contribution in [0.5, 0.6) is 0 Å². The maximum Gasteiger partial charge on any atom is 0.331 e. The number of rotatable bonds is 15. The van der Waals surface area contributed by atoms with Crippen LogP contribution >= 0.6 is 11.3 Å². The highest BCUT2D eigenvalue weighted by molar-refractivity contribution is 7.12. The summed E-state index contributed by atoms with van der Waals surface area (Å²) in [5.41, 5.74) is 6.00. The number of nitrogens with zero attached hydrogens (tertiary/aromatic N) is 3. The van der Waals surface area contributed by atoms with Crippen LogP contribution in [0.2, 0.25) is 0 Å². The minimum absolute atomic E-state index is 0.0474. The first-order valence-corrected chi connectivity index (χ1v) is 16.6. The molecule has 11 heteroatoms. The second-order valence-corrected chi connectivity index (χ2v) is 11.7. The molecule has 0 saturated carbocycles. The van der Waals surface area contributed by atoms with E-state index < -0.39 is 11.9 Å². The van der Waals surface area contributed by atoms with E-state index in [9.17, 15) is 14.4 Å². The van der Waals surface area contributed by atoms with Crippen LogP contribution in [-0.2, 0) is 28.7 Å². The van der Waals surface area contributed by atoms with Crippen LogP contribution in [-0.4, -0.2) is 60.1 Å². The zero-order valence-corrected chi connectivity index (χ0v) is 28.2. The van der Waals surface area contributed by atoms with Gasteiger partial charge in [0.1, 0.15) is 0 Å². The van der Waals surface area contributed by atoms with Gasteiger partial charge in [0.2, 0.25) is 5.78 Å². The average Bonchev–Trinajstić information content (AvgIpc) is 3.74. The lowest BCUT2D eigenvalue weighted by Gasteiger charge is -2.11. The lowest BCUT2D eigenvalue weighted by molar-refractivity contribution is -0.141. The van der Waals surface area contributed by atoms with E-state index in [1.165, 1.54) is 25.2 Å². The molecule has 0 radical (unpaired) electrons. The normalized spacial score (nSPS) is 12.1. The summed E-state index contributed by atoms with van der Waals surface area (Å²) in [5, 5.41) is 11.9. The van der Waals surface area contributed by atoms with Gasteiger partial charge >= 0.3 is 11.9 Å². The van der Waals surface area contributed by atoms with Crippen LogP contribution in [0.4, 0.5) is 0 Å². The molecule has 5 aromatic rings. The summed E-state index contributed by atoms with van der Waals surface area (Å²) in [6, 6.07) is 23.2. The van der Waals surface area contributed by atoms with E-state index in [0.29, 0.717) is 61.1 Å². The van der Waals surface area contributed by atoms with Gasteiger partial charge in [0, 0.05) is 67.5 Å². The molecule has 0 unspecified atom stereocenters. The second kappa shape index (κ2) is 16.2. The van der Waals surface area contributed by atoms with E-state index in [1.54, 1.807) is 0 Å². The summed E-state index contributed by atoms with van der Waals surface area (Å²) in [5.74, 6) is -1.06. The summed E-state index contributed by atoms with van der Waals surface area (Å²) in [4.78, 5) is 47.2. The molecule has 5 rings (SSSR count). The van der Waals surface area contributed by atoms with E-state index in [1.807, 2.05) is 92.0 Å². The molecular weight excluding hydrogens is 630 g/mol. The molecule has 48 heavy (non-hydrogen) atoms. The predicted molar refractivity (Wildman–Crippen MR) is 187 cm³/mol. The maximum absolute atomic E-state index is 13.4. The highest BCUT2D eigenvalue weighted by Gasteiger charge is 2.19. The van der Waals surface area contributed by atoms with Crippen LogP contribution in [0.25, 0.3) is 27.5 Å². The van der Waals surface area contributed by atoms with Crippen LogP contribution in [0.3, 0.4) is 0 Å². The number of ketones is 1. The Kier molecular flexibility index (Phi) is 11.6. The molecule has 0 N–H and O–H groups in total. The number of ether oxygens (including phenoxy) is 2. The van der Waals surface area contributed by atoms with Crippen molar-refractivity contribution in [2.45, 2.75) is 40.5 Å². The van der Waals surface area contributed by atoms with E-state index in [0.717, 1.165) is 38.6 Å². The number of fused-ring (bicyclic) bond motifs is 3. The third-order valence-corrected chi connectivity index (χ3v) is 8.38. The summed E-state index contributed by atoms with van der Waals surface area (Å²) < 4.78 is 13.2. The molecular formula is C37H37N3O7S. The van der Waals surface area contributed by atoms with Crippen LogP contribution in [0.15, 0.2) is 88.5 Å². The van der Waals surface area contributed by atoms with Gasteiger partial charge in [-0.3, -0.25) is 4.79 Å². The van der Waals surface area contributed by atoms with Crippen LogP contribution in [0, 0.1) is 0 Å². The lowest BCUT2D eigenvalue weighted by atomic mass is 10.0. The molecule has 10 nitrogen and oxygen atoms in total. The molecule has 0 aliphatic rings. The van der Waals surface area contributed by atoms with E-state index >= 15 is 0 Å². The van der Waals surface area contributed by atoms with Gasteiger partial charge in [0.15, 0.2) is 0 Å². The molecule has 0 atom stereocenters. The topological polar surface area (TPSA) is 118 Å². The Labute approximate surface area is 282 Å². The highest BCUT2D eigenvalue weighted by Crippen LogP contribution is 2.34. The zero-order chi connectivity index (χ0) is 34.0.